The van der Waals surface area contributed by atoms with Gasteiger partial charge in [0.15, 0.2) is 15.5 Å². The van der Waals surface area contributed by atoms with E-state index in [1.165, 1.54) is 17.8 Å². The number of nitrogens with zero attached hydrogens (tertiary/aromatic N) is 4. The number of benzene rings is 2. The summed E-state index contributed by atoms with van der Waals surface area (Å²) in [6.07, 6.45) is 5.42. The second-order valence-corrected chi connectivity index (χ2v) is 9.38. The van der Waals surface area contributed by atoms with Crippen LogP contribution < -0.4 is 10.1 Å². The molecule has 2 aliphatic rings. The molecule has 0 bridgehead atoms. The predicted octanol–water partition coefficient (Wildman–Crippen LogP) is 3.24. The third-order valence-corrected chi connectivity index (χ3v) is 7.23. The number of ether oxygens (including phenoxy) is 1. The molecule has 0 saturated heterocycles. The molecular weight excluding hydrogens is 433 g/mol. The summed E-state index contributed by atoms with van der Waals surface area (Å²) in [5, 5.41) is 12.6. The molecule has 6 rings (SSSR count). The van der Waals surface area contributed by atoms with Crippen LogP contribution in [0.1, 0.15) is 16.7 Å². The molecule has 8 nitrogen and oxygen atoms in total. The highest BCUT2D eigenvalue weighted by Gasteiger charge is 2.22. The molecule has 0 saturated carbocycles. The fourth-order valence-corrected chi connectivity index (χ4v) is 5.35. The lowest BCUT2D eigenvalue weighted by Gasteiger charge is -2.13. The van der Waals surface area contributed by atoms with Crippen molar-refractivity contribution in [2.75, 3.05) is 11.9 Å². The molecule has 0 amide bonds. The minimum absolute atomic E-state index is 0.236. The van der Waals surface area contributed by atoms with Gasteiger partial charge in [0.05, 0.1) is 11.5 Å². The molecule has 10 heteroatoms. The molecular formula is C22H16FN5O3S. The standard InChI is InChI=1S/C22H16FN5O3S/c23-18-2-3-19-15(5-7-31-19)17(18)11-25-22-24-10-16(21-27-26-12-28(21)22)13-1-4-20-14(9-13)6-8-32(20,29)30/h1-4,6,8-10,12H,5,7,11H2,(H,24,25). The Morgan fingerprint density at radius 1 is 1.22 bits per heavy atom. The molecule has 32 heavy (non-hydrogen) atoms. The summed E-state index contributed by atoms with van der Waals surface area (Å²) in [4.78, 5) is 4.78. The molecule has 160 valence electrons. The summed E-state index contributed by atoms with van der Waals surface area (Å²) in [6, 6.07) is 8.17. The molecule has 0 unspecified atom stereocenters. The van der Waals surface area contributed by atoms with Gasteiger partial charge in [0, 0.05) is 41.3 Å². The first kappa shape index (κ1) is 18.9. The smallest absolute Gasteiger partial charge is 0.210 e. The normalized spacial score (nSPS) is 15.5. The Balaban J connectivity index is 1.36. The predicted molar refractivity (Wildman–Crippen MR) is 115 cm³/mol. The van der Waals surface area contributed by atoms with Gasteiger partial charge in [-0.15, -0.1) is 10.2 Å². The number of nitrogens with one attached hydrogen (secondary N) is 1. The maximum Gasteiger partial charge on any atom is 0.210 e. The Morgan fingerprint density at radius 3 is 3.03 bits per heavy atom. The zero-order chi connectivity index (χ0) is 21.9. The Labute approximate surface area is 182 Å². The molecule has 0 fully saturated rings. The van der Waals surface area contributed by atoms with Gasteiger partial charge in [0.2, 0.25) is 5.95 Å². The van der Waals surface area contributed by atoms with Crippen molar-refractivity contribution in [2.45, 2.75) is 17.9 Å². The molecule has 0 radical (unpaired) electrons. The van der Waals surface area contributed by atoms with Crippen molar-refractivity contribution in [1.29, 1.82) is 0 Å². The third kappa shape index (κ3) is 2.87. The molecule has 0 atom stereocenters. The van der Waals surface area contributed by atoms with Crippen molar-refractivity contribution in [3.05, 3.63) is 70.8 Å². The summed E-state index contributed by atoms with van der Waals surface area (Å²) in [5.41, 5.74) is 4.07. The third-order valence-electron chi connectivity index (χ3n) is 5.75. The minimum Gasteiger partial charge on any atom is -0.493 e. The second kappa shape index (κ2) is 6.86. The highest BCUT2D eigenvalue weighted by molar-refractivity contribution is 7.94. The fraction of sp³-hybridized carbons (Fsp3) is 0.136. The van der Waals surface area contributed by atoms with Crippen molar-refractivity contribution >= 4 is 27.5 Å². The molecule has 4 aromatic rings. The quantitative estimate of drug-likeness (QED) is 0.511. The fourth-order valence-electron chi connectivity index (χ4n) is 4.17. The van der Waals surface area contributed by atoms with Gasteiger partial charge in [-0.1, -0.05) is 6.07 Å². The van der Waals surface area contributed by atoms with Crippen LogP contribution in [0.15, 0.2) is 53.2 Å². The zero-order valence-corrected chi connectivity index (χ0v) is 17.4. The van der Waals surface area contributed by atoms with Crippen molar-refractivity contribution < 1.29 is 17.5 Å². The maximum absolute atomic E-state index is 14.5. The molecule has 1 N–H and O–H groups in total. The first-order chi connectivity index (χ1) is 15.5. The first-order valence-corrected chi connectivity index (χ1v) is 11.5. The van der Waals surface area contributed by atoms with Gasteiger partial charge in [0.1, 0.15) is 17.9 Å². The Hall–Kier alpha value is -3.79. The number of anilines is 1. The van der Waals surface area contributed by atoms with E-state index in [1.54, 1.807) is 40.9 Å². The lowest BCUT2D eigenvalue weighted by Crippen LogP contribution is -2.09. The zero-order valence-electron chi connectivity index (χ0n) is 16.6. The van der Waals surface area contributed by atoms with E-state index >= 15 is 0 Å². The highest BCUT2D eigenvalue weighted by Crippen LogP contribution is 2.33. The van der Waals surface area contributed by atoms with Crippen LogP contribution in [0.2, 0.25) is 0 Å². The lowest BCUT2D eigenvalue weighted by molar-refractivity contribution is 0.356. The average molecular weight is 449 g/mol. The molecule has 4 heterocycles. The van der Waals surface area contributed by atoms with E-state index < -0.39 is 9.84 Å². The SMILES string of the molecule is O=S1(=O)C=Cc2cc(-c3cnc(NCc4c(F)ccc5c4CCO5)n4cnnc34)ccc21. The van der Waals surface area contributed by atoms with E-state index in [0.29, 0.717) is 47.1 Å². The van der Waals surface area contributed by atoms with Gasteiger partial charge in [-0.25, -0.2) is 17.8 Å². The topological polar surface area (TPSA) is 98.5 Å². The summed E-state index contributed by atoms with van der Waals surface area (Å²) in [7, 11) is -3.36. The number of hydrogen-bond donors (Lipinski definition) is 1. The van der Waals surface area contributed by atoms with Gasteiger partial charge in [-0.2, -0.15) is 0 Å². The van der Waals surface area contributed by atoms with Crippen LogP contribution >= 0.6 is 0 Å². The number of hydrogen-bond acceptors (Lipinski definition) is 7. The number of halogens is 1. The molecule has 2 aromatic heterocycles. The van der Waals surface area contributed by atoms with Crippen molar-refractivity contribution in [3.8, 4) is 16.9 Å². The summed E-state index contributed by atoms with van der Waals surface area (Å²) < 4.78 is 45.7. The van der Waals surface area contributed by atoms with Crippen LogP contribution in [-0.2, 0) is 22.8 Å². The van der Waals surface area contributed by atoms with Crippen LogP contribution in [0.3, 0.4) is 0 Å². The van der Waals surface area contributed by atoms with E-state index in [4.69, 9.17) is 4.74 Å². The van der Waals surface area contributed by atoms with Crippen molar-refractivity contribution in [1.82, 2.24) is 19.6 Å². The number of sulfone groups is 1. The highest BCUT2D eigenvalue weighted by atomic mass is 32.2. The van der Waals surface area contributed by atoms with Gasteiger partial charge in [-0.3, -0.25) is 4.40 Å². The molecule has 0 spiro atoms. The Morgan fingerprint density at radius 2 is 2.12 bits per heavy atom. The van der Waals surface area contributed by atoms with Gasteiger partial charge in [-0.05, 0) is 41.5 Å². The number of fused-ring (bicyclic) bond motifs is 3. The van der Waals surface area contributed by atoms with Gasteiger partial charge < -0.3 is 10.1 Å². The van der Waals surface area contributed by atoms with E-state index in [1.807, 2.05) is 0 Å². The summed E-state index contributed by atoms with van der Waals surface area (Å²) in [6.45, 7) is 0.783. The van der Waals surface area contributed by atoms with Crippen LogP contribution in [-0.4, -0.2) is 34.6 Å². The van der Waals surface area contributed by atoms with Crippen LogP contribution in [0.4, 0.5) is 10.3 Å². The first-order valence-electron chi connectivity index (χ1n) is 9.94. The van der Waals surface area contributed by atoms with E-state index in [2.05, 4.69) is 20.5 Å². The average Bonchev–Trinajstić information content (AvgIpc) is 3.52. The Kier molecular flexibility index (Phi) is 4.06. The number of aromatic nitrogens is 4. The summed E-state index contributed by atoms with van der Waals surface area (Å²) >= 11 is 0. The van der Waals surface area contributed by atoms with Crippen LogP contribution in [0.25, 0.3) is 22.9 Å². The molecule has 0 aliphatic carbocycles. The van der Waals surface area contributed by atoms with Crippen LogP contribution in [0, 0.1) is 5.82 Å². The van der Waals surface area contributed by atoms with Gasteiger partial charge >= 0.3 is 0 Å². The summed E-state index contributed by atoms with van der Waals surface area (Å²) in [5.74, 6) is 0.890. The second-order valence-electron chi connectivity index (χ2n) is 7.58. The van der Waals surface area contributed by atoms with Crippen molar-refractivity contribution in [2.24, 2.45) is 0 Å². The van der Waals surface area contributed by atoms with E-state index in [-0.39, 0.29) is 17.3 Å². The van der Waals surface area contributed by atoms with Crippen molar-refractivity contribution in [3.63, 3.8) is 0 Å². The van der Waals surface area contributed by atoms with E-state index in [0.717, 1.165) is 11.1 Å². The van der Waals surface area contributed by atoms with Crippen LogP contribution in [0.5, 0.6) is 5.75 Å². The number of rotatable bonds is 4. The minimum atomic E-state index is -3.36. The largest absolute Gasteiger partial charge is 0.493 e. The molecule has 2 aromatic carbocycles. The maximum atomic E-state index is 14.5. The molecule has 2 aliphatic heterocycles. The monoisotopic (exact) mass is 449 g/mol. The van der Waals surface area contributed by atoms with Gasteiger partial charge in [0.25, 0.3) is 0 Å². The Bertz CT molecular complexity index is 1540. The lowest BCUT2D eigenvalue weighted by atomic mass is 10.0. The van der Waals surface area contributed by atoms with E-state index in [9.17, 15) is 12.8 Å².